The Balaban J connectivity index is 2.66. The summed E-state index contributed by atoms with van der Waals surface area (Å²) in [4.78, 5) is 0. The maximum atomic E-state index is 12.5. The molecule has 0 saturated heterocycles. The molecule has 0 aromatic heterocycles. The largest absolute Gasteiger partial charge is 0.490 e. The van der Waals surface area contributed by atoms with Crippen LogP contribution in [0.5, 0.6) is 11.5 Å². The summed E-state index contributed by atoms with van der Waals surface area (Å²) in [6.45, 7) is 1.42. The summed E-state index contributed by atoms with van der Waals surface area (Å²) in [5, 5.41) is 0. The molecule has 0 radical (unpaired) electrons. The van der Waals surface area contributed by atoms with Crippen LogP contribution < -0.4 is 15.2 Å². The van der Waals surface area contributed by atoms with Crippen molar-refractivity contribution in [2.24, 2.45) is 11.7 Å². The molecule has 0 aliphatic rings. The molecule has 0 saturated carbocycles. The maximum absolute atomic E-state index is 12.5. The van der Waals surface area contributed by atoms with Crippen molar-refractivity contribution in [3.63, 3.8) is 0 Å². The lowest BCUT2D eigenvalue weighted by atomic mass is 10.1. The molecule has 0 bridgehead atoms. The van der Waals surface area contributed by atoms with Gasteiger partial charge < -0.3 is 15.2 Å². The Morgan fingerprint density at radius 3 is 2.21 bits per heavy atom. The summed E-state index contributed by atoms with van der Waals surface area (Å²) in [5.41, 5.74) is 5.11. The normalized spacial score (nSPS) is 13.1. The lowest BCUT2D eigenvalue weighted by Crippen LogP contribution is -2.35. The summed E-state index contributed by atoms with van der Waals surface area (Å²) < 4.78 is 48.2. The summed E-state index contributed by atoms with van der Waals surface area (Å²) in [6, 6.07) is 6.66. The van der Waals surface area contributed by atoms with E-state index in [9.17, 15) is 13.2 Å². The van der Waals surface area contributed by atoms with Gasteiger partial charge in [-0.2, -0.15) is 13.2 Å². The number of para-hydroxylation sites is 2. The molecular formula is C13H18F3NO2. The maximum Gasteiger partial charge on any atom is 0.396 e. The van der Waals surface area contributed by atoms with E-state index in [4.69, 9.17) is 15.2 Å². The highest BCUT2D eigenvalue weighted by atomic mass is 19.4. The van der Waals surface area contributed by atoms with E-state index in [-0.39, 0.29) is 0 Å². The lowest BCUT2D eigenvalue weighted by Gasteiger charge is -2.19. The van der Waals surface area contributed by atoms with E-state index < -0.39 is 25.2 Å². The van der Waals surface area contributed by atoms with Gasteiger partial charge in [-0.1, -0.05) is 19.1 Å². The van der Waals surface area contributed by atoms with Gasteiger partial charge in [0, 0.05) is 6.54 Å². The Bertz CT molecular complexity index is 382. The quantitative estimate of drug-likeness (QED) is 0.833. The Kier molecular flexibility index (Phi) is 5.95. The van der Waals surface area contributed by atoms with Crippen molar-refractivity contribution in [1.29, 1.82) is 0 Å². The third-order valence-electron chi connectivity index (χ3n) is 2.50. The van der Waals surface area contributed by atoms with Crippen LogP contribution in [0.15, 0.2) is 24.3 Å². The topological polar surface area (TPSA) is 44.5 Å². The SMILES string of the molecule is CCCOc1ccccc1OCC(CN)C(F)(F)F. The Hall–Kier alpha value is -1.43. The highest BCUT2D eigenvalue weighted by Gasteiger charge is 2.39. The summed E-state index contributed by atoms with van der Waals surface area (Å²) in [7, 11) is 0. The van der Waals surface area contributed by atoms with E-state index in [1.54, 1.807) is 24.3 Å². The predicted octanol–water partition coefficient (Wildman–Crippen LogP) is 2.99. The number of hydrogen-bond donors (Lipinski definition) is 1. The molecule has 3 nitrogen and oxygen atoms in total. The second-order valence-corrected chi connectivity index (χ2v) is 4.08. The molecule has 1 aromatic carbocycles. The monoisotopic (exact) mass is 277 g/mol. The molecule has 0 amide bonds. The second kappa shape index (κ2) is 7.23. The standard InChI is InChI=1S/C13H18F3NO2/c1-2-7-18-11-5-3-4-6-12(11)19-9-10(8-17)13(14,15)16/h3-6,10H,2,7-9,17H2,1H3. The van der Waals surface area contributed by atoms with Crippen molar-refractivity contribution in [1.82, 2.24) is 0 Å². The van der Waals surface area contributed by atoms with Crippen molar-refractivity contribution in [3.8, 4) is 11.5 Å². The van der Waals surface area contributed by atoms with Gasteiger partial charge in [-0.05, 0) is 18.6 Å². The number of hydrogen-bond acceptors (Lipinski definition) is 3. The number of alkyl halides is 3. The van der Waals surface area contributed by atoms with Gasteiger partial charge in [-0.3, -0.25) is 0 Å². The van der Waals surface area contributed by atoms with E-state index in [2.05, 4.69) is 0 Å². The zero-order valence-corrected chi connectivity index (χ0v) is 10.7. The first-order valence-electron chi connectivity index (χ1n) is 6.10. The van der Waals surface area contributed by atoms with Crippen LogP contribution in [0.2, 0.25) is 0 Å². The van der Waals surface area contributed by atoms with Crippen LogP contribution in [0.4, 0.5) is 13.2 Å². The van der Waals surface area contributed by atoms with Crippen molar-refractivity contribution in [2.45, 2.75) is 19.5 Å². The summed E-state index contributed by atoms with van der Waals surface area (Å²) >= 11 is 0. The van der Waals surface area contributed by atoms with Gasteiger partial charge in [-0.25, -0.2) is 0 Å². The average Bonchev–Trinajstić information content (AvgIpc) is 2.36. The van der Waals surface area contributed by atoms with Gasteiger partial charge in [0.05, 0.1) is 6.61 Å². The molecular weight excluding hydrogens is 259 g/mol. The number of nitrogens with two attached hydrogens (primary N) is 1. The van der Waals surface area contributed by atoms with Crippen LogP contribution in [0, 0.1) is 5.92 Å². The minimum Gasteiger partial charge on any atom is -0.490 e. The smallest absolute Gasteiger partial charge is 0.396 e. The van der Waals surface area contributed by atoms with Gasteiger partial charge >= 0.3 is 6.18 Å². The van der Waals surface area contributed by atoms with Gasteiger partial charge in [0.15, 0.2) is 11.5 Å². The third-order valence-corrected chi connectivity index (χ3v) is 2.50. The first-order valence-corrected chi connectivity index (χ1v) is 6.10. The van der Waals surface area contributed by atoms with Crippen LogP contribution in [0.25, 0.3) is 0 Å². The van der Waals surface area contributed by atoms with Crippen LogP contribution in [-0.2, 0) is 0 Å². The van der Waals surface area contributed by atoms with E-state index in [1.165, 1.54) is 0 Å². The van der Waals surface area contributed by atoms with Crippen LogP contribution in [0.1, 0.15) is 13.3 Å². The van der Waals surface area contributed by atoms with Gasteiger partial charge in [0.1, 0.15) is 12.5 Å². The fourth-order valence-corrected chi connectivity index (χ4v) is 1.39. The molecule has 108 valence electrons. The predicted molar refractivity (Wildman–Crippen MR) is 66.3 cm³/mol. The van der Waals surface area contributed by atoms with E-state index in [0.29, 0.717) is 18.1 Å². The van der Waals surface area contributed by atoms with Crippen molar-refractivity contribution < 1.29 is 22.6 Å². The molecule has 1 aromatic rings. The molecule has 1 unspecified atom stereocenters. The van der Waals surface area contributed by atoms with Crippen molar-refractivity contribution >= 4 is 0 Å². The van der Waals surface area contributed by atoms with Crippen LogP contribution in [0.3, 0.4) is 0 Å². The third kappa shape index (κ3) is 4.98. The first-order chi connectivity index (χ1) is 8.99. The van der Waals surface area contributed by atoms with E-state index in [1.807, 2.05) is 6.92 Å². The molecule has 0 aliphatic carbocycles. The molecule has 6 heteroatoms. The zero-order chi connectivity index (χ0) is 14.3. The zero-order valence-electron chi connectivity index (χ0n) is 10.7. The van der Waals surface area contributed by atoms with E-state index >= 15 is 0 Å². The molecule has 0 heterocycles. The molecule has 19 heavy (non-hydrogen) atoms. The summed E-state index contributed by atoms with van der Waals surface area (Å²) in [6.07, 6.45) is -3.55. The molecule has 1 atom stereocenters. The van der Waals surface area contributed by atoms with Gasteiger partial charge in [0.25, 0.3) is 0 Å². The fraction of sp³-hybridized carbons (Fsp3) is 0.538. The summed E-state index contributed by atoms with van der Waals surface area (Å²) in [5.74, 6) is -0.923. The van der Waals surface area contributed by atoms with Crippen molar-refractivity contribution in [2.75, 3.05) is 19.8 Å². The first kappa shape index (κ1) is 15.6. The Labute approximate surface area is 110 Å². The average molecular weight is 277 g/mol. The van der Waals surface area contributed by atoms with Crippen molar-refractivity contribution in [3.05, 3.63) is 24.3 Å². The highest BCUT2D eigenvalue weighted by molar-refractivity contribution is 5.39. The number of rotatable bonds is 7. The Morgan fingerprint density at radius 1 is 1.16 bits per heavy atom. The minimum atomic E-state index is -4.35. The molecule has 0 fully saturated rings. The lowest BCUT2D eigenvalue weighted by molar-refractivity contribution is -0.178. The second-order valence-electron chi connectivity index (χ2n) is 4.08. The number of halogens is 3. The minimum absolute atomic E-state index is 0.304. The van der Waals surface area contributed by atoms with E-state index in [0.717, 1.165) is 6.42 Å². The number of ether oxygens (including phenoxy) is 2. The number of benzene rings is 1. The van der Waals surface area contributed by atoms with Gasteiger partial charge in [-0.15, -0.1) is 0 Å². The molecule has 0 aliphatic heterocycles. The van der Waals surface area contributed by atoms with Gasteiger partial charge in [0.2, 0.25) is 0 Å². The molecule has 0 spiro atoms. The highest BCUT2D eigenvalue weighted by Crippen LogP contribution is 2.30. The Morgan fingerprint density at radius 2 is 1.74 bits per heavy atom. The molecule has 1 rings (SSSR count). The molecule has 2 N–H and O–H groups in total. The van der Waals surface area contributed by atoms with Crippen LogP contribution in [-0.4, -0.2) is 25.9 Å². The van der Waals surface area contributed by atoms with Crippen LogP contribution >= 0.6 is 0 Å². The fourth-order valence-electron chi connectivity index (χ4n) is 1.39.